The molecule has 1 aliphatic rings. The molecule has 1 saturated heterocycles. The van der Waals surface area contributed by atoms with Crippen LogP contribution in [0.4, 0.5) is 23.4 Å². The molecule has 0 aliphatic carbocycles. The molecule has 1 fully saturated rings. The Labute approximate surface area is 149 Å². The number of nitrogens with zero attached hydrogens (tertiary/aromatic N) is 3. The number of aromatic nitrogens is 2. The molecular weight excluding hydrogens is 348 g/mol. The maximum absolute atomic E-state index is 13.5. The van der Waals surface area contributed by atoms with Gasteiger partial charge in [-0.1, -0.05) is 6.92 Å². The summed E-state index contributed by atoms with van der Waals surface area (Å²) in [5.74, 6) is -0.419. The lowest BCUT2D eigenvalue weighted by Gasteiger charge is -2.32. The minimum absolute atomic E-state index is 0.0377. The standard InChI is InChI=1S/C18H20F4N4/c1-2-26-9-3-4-14(11-26)23-16-10-15(18(20,21)22)17(25-24-16)12-5-7-13(19)8-6-12/h5-8,10,14H,2-4,9,11H2,1H3,(H,23,24)/t14-/m1/s1. The first-order valence-electron chi connectivity index (χ1n) is 8.56. The van der Waals surface area contributed by atoms with Gasteiger partial charge in [-0.05, 0) is 56.3 Å². The second-order valence-corrected chi connectivity index (χ2v) is 6.37. The second-order valence-electron chi connectivity index (χ2n) is 6.37. The van der Waals surface area contributed by atoms with Crippen LogP contribution in [0.1, 0.15) is 25.3 Å². The van der Waals surface area contributed by atoms with Crippen LogP contribution in [-0.4, -0.2) is 40.8 Å². The van der Waals surface area contributed by atoms with Crippen molar-refractivity contribution in [3.05, 3.63) is 41.7 Å². The third-order valence-corrected chi connectivity index (χ3v) is 4.52. The molecule has 0 amide bonds. The number of hydrogen-bond donors (Lipinski definition) is 1. The number of nitrogens with one attached hydrogen (secondary N) is 1. The van der Waals surface area contributed by atoms with Gasteiger partial charge in [0.1, 0.15) is 17.3 Å². The summed E-state index contributed by atoms with van der Waals surface area (Å²) in [4.78, 5) is 2.24. The molecule has 1 aliphatic heterocycles. The summed E-state index contributed by atoms with van der Waals surface area (Å²) in [7, 11) is 0. The van der Waals surface area contributed by atoms with Crippen LogP contribution in [0.2, 0.25) is 0 Å². The normalized spacial score (nSPS) is 18.7. The van der Waals surface area contributed by atoms with E-state index < -0.39 is 17.6 Å². The summed E-state index contributed by atoms with van der Waals surface area (Å²) < 4.78 is 53.6. The minimum atomic E-state index is -4.59. The Balaban J connectivity index is 1.88. The van der Waals surface area contributed by atoms with E-state index in [1.807, 2.05) is 0 Å². The maximum Gasteiger partial charge on any atom is 0.418 e. The number of piperidine rings is 1. The molecule has 2 heterocycles. The maximum atomic E-state index is 13.5. The van der Waals surface area contributed by atoms with E-state index in [1.165, 1.54) is 12.1 Å². The number of likely N-dealkylation sites (tertiary alicyclic amines) is 1. The van der Waals surface area contributed by atoms with E-state index in [1.54, 1.807) is 0 Å². The van der Waals surface area contributed by atoms with Gasteiger partial charge in [0.2, 0.25) is 0 Å². The first-order valence-corrected chi connectivity index (χ1v) is 8.56. The van der Waals surface area contributed by atoms with Gasteiger partial charge < -0.3 is 10.2 Å². The lowest BCUT2D eigenvalue weighted by Crippen LogP contribution is -2.42. The molecule has 2 aromatic rings. The molecule has 8 heteroatoms. The highest BCUT2D eigenvalue weighted by molar-refractivity contribution is 5.65. The summed E-state index contributed by atoms with van der Waals surface area (Å²) in [6, 6.07) is 5.76. The van der Waals surface area contributed by atoms with Crippen molar-refractivity contribution in [2.75, 3.05) is 25.0 Å². The molecule has 0 spiro atoms. The Kier molecular flexibility index (Phi) is 5.41. The number of benzene rings is 1. The van der Waals surface area contributed by atoms with Gasteiger partial charge in [0.05, 0.1) is 5.56 Å². The van der Waals surface area contributed by atoms with Gasteiger partial charge in [0, 0.05) is 18.2 Å². The van der Waals surface area contributed by atoms with Crippen LogP contribution >= 0.6 is 0 Å². The Morgan fingerprint density at radius 3 is 2.58 bits per heavy atom. The van der Waals surface area contributed by atoms with Gasteiger partial charge in [0.15, 0.2) is 0 Å². The zero-order chi connectivity index (χ0) is 18.7. The van der Waals surface area contributed by atoms with Crippen LogP contribution in [0.15, 0.2) is 30.3 Å². The average Bonchev–Trinajstić information content (AvgIpc) is 2.62. The van der Waals surface area contributed by atoms with Gasteiger partial charge in [0.25, 0.3) is 0 Å². The van der Waals surface area contributed by atoms with Crippen molar-refractivity contribution in [3.8, 4) is 11.3 Å². The number of hydrogen-bond acceptors (Lipinski definition) is 4. The van der Waals surface area contributed by atoms with Crippen LogP contribution in [0.3, 0.4) is 0 Å². The lowest BCUT2D eigenvalue weighted by molar-refractivity contribution is -0.137. The molecule has 1 N–H and O–H groups in total. The van der Waals surface area contributed by atoms with E-state index in [2.05, 4.69) is 27.3 Å². The molecule has 4 nitrogen and oxygen atoms in total. The molecule has 1 aromatic carbocycles. The predicted molar refractivity (Wildman–Crippen MR) is 91.2 cm³/mol. The van der Waals surface area contributed by atoms with Crippen LogP contribution in [0.25, 0.3) is 11.3 Å². The van der Waals surface area contributed by atoms with Gasteiger partial charge >= 0.3 is 6.18 Å². The van der Waals surface area contributed by atoms with E-state index in [-0.39, 0.29) is 23.1 Å². The van der Waals surface area contributed by atoms with Crippen LogP contribution in [0, 0.1) is 5.82 Å². The Hall–Kier alpha value is -2.22. The quantitative estimate of drug-likeness (QED) is 0.822. The van der Waals surface area contributed by atoms with Crippen molar-refractivity contribution in [1.29, 1.82) is 0 Å². The number of likely N-dealkylation sites (N-methyl/N-ethyl adjacent to an activating group) is 1. The van der Waals surface area contributed by atoms with Crippen molar-refractivity contribution in [2.24, 2.45) is 0 Å². The smallest absolute Gasteiger partial charge is 0.365 e. The first-order chi connectivity index (χ1) is 12.4. The zero-order valence-corrected chi connectivity index (χ0v) is 14.4. The van der Waals surface area contributed by atoms with E-state index in [0.29, 0.717) is 0 Å². The minimum Gasteiger partial charge on any atom is -0.365 e. The number of rotatable bonds is 4. The Morgan fingerprint density at radius 2 is 1.92 bits per heavy atom. The molecule has 26 heavy (non-hydrogen) atoms. The molecule has 1 aromatic heterocycles. The van der Waals surface area contributed by atoms with Crippen LogP contribution in [0.5, 0.6) is 0 Å². The monoisotopic (exact) mass is 368 g/mol. The third kappa shape index (κ3) is 4.30. The molecule has 3 rings (SSSR count). The summed E-state index contributed by atoms with van der Waals surface area (Å²) in [6.45, 7) is 4.72. The zero-order valence-electron chi connectivity index (χ0n) is 14.4. The lowest BCUT2D eigenvalue weighted by atomic mass is 10.0. The fraction of sp³-hybridized carbons (Fsp3) is 0.444. The molecule has 0 saturated carbocycles. The highest BCUT2D eigenvalue weighted by atomic mass is 19.4. The fourth-order valence-corrected chi connectivity index (χ4v) is 3.17. The molecule has 0 unspecified atom stereocenters. The van der Waals surface area contributed by atoms with Crippen molar-refractivity contribution in [1.82, 2.24) is 15.1 Å². The number of anilines is 1. The Morgan fingerprint density at radius 1 is 1.19 bits per heavy atom. The second kappa shape index (κ2) is 7.57. The fourth-order valence-electron chi connectivity index (χ4n) is 3.17. The predicted octanol–water partition coefficient (Wildman–Crippen LogP) is 4.20. The first kappa shape index (κ1) is 18.6. The largest absolute Gasteiger partial charge is 0.418 e. The highest BCUT2D eigenvalue weighted by Gasteiger charge is 2.35. The van der Waals surface area contributed by atoms with Crippen molar-refractivity contribution in [3.63, 3.8) is 0 Å². The summed E-state index contributed by atoms with van der Waals surface area (Å²) >= 11 is 0. The SMILES string of the molecule is CCN1CCC[C@@H](Nc2cc(C(F)(F)F)c(-c3ccc(F)cc3)nn2)C1. The van der Waals surface area contributed by atoms with E-state index in [4.69, 9.17) is 0 Å². The highest BCUT2D eigenvalue weighted by Crippen LogP contribution is 2.36. The summed E-state index contributed by atoms with van der Waals surface area (Å²) in [5.41, 5.74) is -1.01. The summed E-state index contributed by atoms with van der Waals surface area (Å²) in [5, 5.41) is 10.8. The Bertz CT molecular complexity index is 746. The van der Waals surface area contributed by atoms with Crippen molar-refractivity contribution < 1.29 is 17.6 Å². The topological polar surface area (TPSA) is 41.0 Å². The van der Waals surface area contributed by atoms with Crippen molar-refractivity contribution in [2.45, 2.75) is 32.0 Å². The molecule has 140 valence electrons. The van der Waals surface area contributed by atoms with Crippen LogP contribution in [-0.2, 0) is 6.18 Å². The van der Waals surface area contributed by atoms with Gasteiger partial charge in [-0.3, -0.25) is 0 Å². The van der Waals surface area contributed by atoms with Crippen molar-refractivity contribution >= 4 is 5.82 Å². The van der Waals surface area contributed by atoms with E-state index in [9.17, 15) is 17.6 Å². The molecule has 0 bridgehead atoms. The average molecular weight is 368 g/mol. The van der Waals surface area contributed by atoms with Gasteiger partial charge in [-0.25, -0.2) is 4.39 Å². The molecule has 0 radical (unpaired) electrons. The third-order valence-electron chi connectivity index (χ3n) is 4.52. The van der Waals surface area contributed by atoms with E-state index >= 15 is 0 Å². The number of alkyl halides is 3. The molecular formula is C18H20F4N4. The van der Waals surface area contributed by atoms with E-state index in [0.717, 1.165) is 50.7 Å². The summed E-state index contributed by atoms with van der Waals surface area (Å²) in [6.07, 6.45) is -2.73. The van der Waals surface area contributed by atoms with Gasteiger partial charge in [-0.15, -0.1) is 10.2 Å². The molecule has 1 atom stereocenters. The number of halogens is 4. The van der Waals surface area contributed by atoms with Gasteiger partial charge in [-0.2, -0.15) is 13.2 Å². The van der Waals surface area contributed by atoms with Crippen LogP contribution < -0.4 is 5.32 Å².